The number of halogens is 3. The molecule has 0 saturated carbocycles. The molecule has 0 aliphatic carbocycles. The molecule has 15 heteroatoms. The molecule has 2 aliphatic heterocycles. The van der Waals surface area contributed by atoms with Crippen molar-refractivity contribution >= 4 is 34.7 Å². The molecule has 4 heterocycles. The molecule has 36 heavy (non-hydrogen) atoms. The number of aliphatic imine (C=N–C) groups is 2. The van der Waals surface area contributed by atoms with E-state index in [1.165, 1.54) is 20.2 Å². The van der Waals surface area contributed by atoms with E-state index in [9.17, 15) is 22.8 Å². The van der Waals surface area contributed by atoms with E-state index in [0.29, 0.717) is 29.1 Å². The number of H-pyrrole nitrogens is 1. The fourth-order valence-electron chi connectivity index (χ4n) is 3.88. The zero-order valence-electron chi connectivity index (χ0n) is 19.4. The molecule has 0 spiro atoms. The van der Waals surface area contributed by atoms with Gasteiger partial charge in [-0.25, -0.2) is 24.7 Å². The SMILES string of the molecule is CCNC(=O)NC1=NCC(C2=CN=C(OC)C(c3n[nH]c(=O)o3)C2)=C(c2nc(C(F)(F)F)c(C)s2)C1. The number of methoxy groups -OCH3 is 1. The van der Waals surface area contributed by atoms with Crippen LogP contribution < -0.4 is 16.4 Å². The number of nitrogens with zero attached hydrogens (tertiary/aromatic N) is 4. The molecule has 0 radical (unpaired) electrons. The predicted molar refractivity (Wildman–Crippen MR) is 125 cm³/mol. The number of aryl methyl sites for hydroxylation is 1. The van der Waals surface area contributed by atoms with Crippen molar-refractivity contribution in [3.63, 3.8) is 0 Å². The molecule has 4 rings (SSSR count). The lowest BCUT2D eigenvalue weighted by atomic mass is 9.88. The van der Waals surface area contributed by atoms with Gasteiger partial charge in [0.15, 0.2) is 5.69 Å². The number of dihydropyridines is 1. The number of hydrogen-bond acceptors (Lipinski definition) is 9. The van der Waals surface area contributed by atoms with E-state index in [1.807, 2.05) is 0 Å². The Balaban J connectivity index is 1.75. The standard InChI is InChI=1S/C21H22F3N7O4S/c1-4-25-19(32)28-14-6-11(18-29-15(9(2)36-18)21(22,23)24)13(8-26-14)10-5-12(16(34-3)27-7-10)17-30-31-20(33)35-17/h7,12H,4-6,8H2,1-3H3,(H,31,33)(H2,25,26,28,32). The van der Waals surface area contributed by atoms with Crippen LogP contribution in [0.2, 0.25) is 0 Å². The second-order valence-electron chi connectivity index (χ2n) is 7.84. The van der Waals surface area contributed by atoms with Crippen LogP contribution in [0.15, 0.2) is 36.5 Å². The number of carbonyl (C=O) groups excluding carboxylic acids is 1. The van der Waals surface area contributed by atoms with Crippen LogP contribution in [0.5, 0.6) is 0 Å². The summed E-state index contributed by atoms with van der Waals surface area (Å²) in [6.07, 6.45) is -2.77. The van der Waals surface area contributed by atoms with Gasteiger partial charge in [0.05, 0.1) is 13.7 Å². The molecule has 1 atom stereocenters. The molecule has 2 amide bonds. The third kappa shape index (κ3) is 5.24. The lowest BCUT2D eigenvalue weighted by molar-refractivity contribution is -0.141. The summed E-state index contributed by atoms with van der Waals surface area (Å²) in [5, 5.41) is 11.5. The summed E-state index contributed by atoms with van der Waals surface area (Å²) >= 11 is 0.915. The van der Waals surface area contributed by atoms with E-state index in [0.717, 1.165) is 11.3 Å². The third-order valence-electron chi connectivity index (χ3n) is 5.47. The summed E-state index contributed by atoms with van der Waals surface area (Å²) in [5.74, 6) is -0.745. The Morgan fingerprint density at radius 1 is 1.36 bits per heavy atom. The summed E-state index contributed by atoms with van der Waals surface area (Å²) in [6, 6.07) is -0.467. The highest BCUT2D eigenvalue weighted by atomic mass is 32.1. The fraction of sp³-hybridized carbons (Fsp3) is 0.429. The second-order valence-corrected chi connectivity index (χ2v) is 9.04. The minimum Gasteiger partial charge on any atom is -0.483 e. The van der Waals surface area contributed by atoms with Gasteiger partial charge in [0.25, 0.3) is 0 Å². The first-order chi connectivity index (χ1) is 17.1. The Morgan fingerprint density at radius 3 is 2.75 bits per heavy atom. The summed E-state index contributed by atoms with van der Waals surface area (Å²) in [6.45, 7) is 3.58. The quantitative estimate of drug-likeness (QED) is 0.559. The number of aromatic nitrogens is 3. The van der Waals surface area contributed by atoms with E-state index in [4.69, 9.17) is 9.15 Å². The van der Waals surface area contributed by atoms with Gasteiger partial charge in [0.2, 0.25) is 11.8 Å². The summed E-state index contributed by atoms with van der Waals surface area (Å²) < 4.78 is 50.9. The first-order valence-electron chi connectivity index (χ1n) is 10.8. The smallest absolute Gasteiger partial charge is 0.434 e. The number of amides is 2. The van der Waals surface area contributed by atoms with Crippen molar-refractivity contribution < 1.29 is 27.1 Å². The summed E-state index contributed by atoms with van der Waals surface area (Å²) in [7, 11) is 1.42. The number of hydrogen-bond donors (Lipinski definition) is 3. The number of thiazole rings is 1. The third-order valence-corrected chi connectivity index (χ3v) is 6.50. The Labute approximate surface area is 206 Å². The van der Waals surface area contributed by atoms with Gasteiger partial charge in [-0.3, -0.25) is 10.3 Å². The number of rotatable bonds is 4. The van der Waals surface area contributed by atoms with E-state index < -0.39 is 29.6 Å². The maximum absolute atomic E-state index is 13.5. The molecular weight excluding hydrogens is 503 g/mol. The van der Waals surface area contributed by atoms with Crippen molar-refractivity contribution in [3.05, 3.63) is 49.4 Å². The van der Waals surface area contributed by atoms with Gasteiger partial charge < -0.3 is 14.5 Å². The van der Waals surface area contributed by atoms with Crippen molar-refractivity contribution in [1.29, 1.82) is 0 Å². The Bertz CT molecular complexity index is 1350. The van der Waals surface area contributed by atoms with Crippen molar-refractivity contribution in [1.82, 2.24) is 25.8 Å². The van der Waals surface area contributed by atoms with Crippen LogP contribution in [-0.2, 0) is 10.9 Å². The van der Waals surface area contributed by atoms with E-state index in [1.54, 1.807) is 6.92 Å². The first kappa shape index (κ1) is 25.3. The predicted octanol–water partition coefficient (Wildman–Crippen LogP) is 3.14. The molecule has 2 aromatic heterocycles. The van der Waals surface area contributed by atoms with Crippen molar-refractivity contribution in [2.24, 2.45) is 9.98 Å². The molecule has 0 saturated heterocycles. The molecule has 2 aromatic rings. The van der Waals surface area contributed by atoms with Gasteiger partial charge >= 0.3 is 18.0 Å². The second kappa shape index (κ2) is 10.1. The van der Waals surface area contributed by atoms with Crippen LogP contribution in [-0.4, -0.2) is 53.1 Å². The lowest BCUT2D eigenvalue weighted by Gasteiger charge is -2.25. The number of ether oxygens (including phenoxy) is 1. The van der Waals surface area contributed by atoms with Crippen LogP contribution in [0.25, 0.3) is 5.57 Å². The highest BCUT2D eigenvalue weighted by molar-refractivity contribution is 7.12. The molecular formula is C21H22F3N7O4S. The van der Waals surface area contributed by atoms with E-state index >= 15 is 0 Å². The number of nitrogens with one attached hydrogen (secondary N) is 3. The van der Waals surface area contributed by atoms with Crippen LogP contribution >= 0.6 is 11.3 Å². The normalized spacial score (nSPS) is 18.4. The van der Waals surface area contributed by atoms with Crippen molar-refractivity contribution in [3.8, 4) is 0 Å². The zero-order valence-corrected chi connectivity index (χ0v) is 20.3. The maximum Gasteiger partial charge on any atom is 0.434 e. The fourth-order valence-corrected chi connectivity index (χ4v) is 4.88. The van der Waals surface area contributed by atoms with Crippen LogP contribution in [0.3, 0.4) is 0 Å². The zero-order chi connectivity index (χ0) is 26.0. The van der Waals surface area contributed by atoms with Gasteiger partial charge in [-0.15, -0.1) is 16.4 Å². The monoisotopic (exact) mass is 525 g/mol. The summed E-state index contributed by atoms with van der Waals surface area (Å²) in [5.41, 5.74) is 0.790. The highest BCUT2D eigenvalue weighted by Crippen LogP contribution is 2.41. The lowest BCUT2D eigenvalue weighted by Crippen LogP contribution is -2.40. The highest BCUT2D eigenvalue weighted by Gasteiger charge is 2.38. The van der Waals surface area contributed by atoms with Gasteiger partial charge in [-0.2, -0.15) is 13.2 Å². The molecule has 3 N–H and O–H groups in total. The number of urea groups is 1. The molecule has 192 valence electrons. The first-order valence-corrected chi connectivity index (χ1v) is 11.6. The Morgan fingerprint density at radius 2 is 2.14 bits per heavy atom. The van der Waals surface area contributed by atoms with Crippen LogP contribution in [0.1, 0.15) is 47.2 Å². The average Bonchev–Trinajstić information content (AvgIpc) is 3.44. The number of amidine groups is 1. The van der Waals surface area contributed by atoms with E-state index in [-0.39, 0.29) is 41.1 Å². The average molecular weight is 526 g/mol. The number of carbonyl (C=O) groups is 1. The minimum absolute atomic E-state index is 0.0265. The number of aromatic amines is 1. The largest absolute Gasteiger partial charge is 0.483 e. The Kier molecular flexibility index (Phi) is 7.10. The van der Waals surface area contributed by atoms with Gasteiger partial charge in [-0.1, -0.05) is 0 Å². The summed E-state index contributed by atoms with van der Waals surface area (Å²) in [4.78, 5) is 36.2. The molecule has 11 nitrogen and oxygen atoms in total. The molecule has 0 bridgehead atoms. The van der Waals surface area contributed by atoms with E-state index in [2.05, 4.69) is 35.8 Å². The topological polar surface area (TPSA) is 147 Å². The van der Waals surface area contributed by atoms with Gasteiger partial charge in [0.1, 0.15) is 16.8 Å². The van der Waals surface area contributed by atoms with Gasteiger partial charge in [0, 0.05) is 29.6 Å². The van der Waals surface area contributed by atoms with Crippen molar-refractivity contribution in [2.75, 3.05) is 20.2 Å². The van der Waals surface area contributed by atoms with Crippen LogP contribution in [0, 0.1) is 6.92 Å². The minimum atomic E-state index is -4.60. The van der Waals surface area contributed by atoms with Crippen molar-refractivity contribution in [2.45, 2.75) is 38.8 Å². The maximum atomic E-state index is 13.5. The molecule has 0 fully saturated rings. The molecule has 1 unspecified atom stereocenters. The number of alkyl halides is 3. The molecule has 2 aliphatic rings. The van der Waals surface area contributed by atoms with Crippen LogP contribution in [0.4, 0.5) is 18.0 Å². The van der Waals surface area contributed by atoms with Gasteiger partial charge in [-0.05, 0) is 31.4 Å². The Hall–Kier alpha value is -3.75. The molecule has 0 aromatic carbocycles.